The summed E-state index contributed by atoms with van der Waals surface area (Å²) >= 11 is 0. The summed E-state index contributed by atoms with van der Waals surface area (Å²) in [6.07, 6.45) is 1.86. The van der Waals surface area contributed by atoms with Crippen LogP contribution >= 0.6 is 12.4 Å². The van der Waals surface area contributed by atoms with Gasteiger partial charge in [0.1, 0.15) is 0 Å². The van der Waals surface area contributed by atoms with Crippen LogP contribution in [0.1, 0.15) is 37.3 Å². The Bertz CT molecular complexity index is 503. The first-order valence-corrected chi connectivity index (χ1v) is 7.21. The van der Waals surface area contributed by atoms with Gasteiger partial charge in [0.15, 0.2) is 0 Å². The maximum atomic E-state index is 12.0. The highest BCUT2D eigenvalue weighted by atomic mass is 35.5. The van der Waals surface area contributed by atoms with Crippen molar-refractivity contribution in [2.24, 2.45) is 17.6 Å². The molecule has 2 aliphatic rings. The van der Waals surface area contributed by atoms with Crippen LogP contribution in [-0.4, -0.2) is 18.0 Å². The van der Waals surface area contributed by atoms with Crippen molar-refractivity contribution in [3.63, 3.8) is 0 Å². The van der Waals surface area contributed by atoms with Gasteiger partial charge in [0.2, 0.25) is 5.91 Å². The fourth-order valence-corrected chi connectivity index (χ4v) is 3.43. The highest BCUT2D eigenvalue weighted by molar-refractivity contribution is 5.85. The van der Waals surface area contributed by atoms with E-state index >= 15 is 0 Å². The number of carbonyl (C=O) groups is 1. The van der Waals surface area contributed by atoms with Crippen molar-refractivity contribution in [2.75, 3.05) is 0 Å². The SMILES string of the molecule is CC(C)C[C@H](N)C(=O)NC1C2Cc3ccccc3C21.Cl. The average Bonchev–Trinajstić information content (AvgIpc) is 2.87. The van der Waals surface area contributed by atoms with Gasteiger partial charge in [0, 0.05) is 12.0 Å². The Morgan fingerprint density at radius 1 is 1.40 bits per heavy atom. The maximum absolute atomic E-state index is 12.0. The largest absolute Gasteiger partial charge is 0.351 e. The molecule has 0 bridgehead atoms. The van der Waals surface area contributed by atoms with Gasteiger partial charge in [0.25, 0.3) is 0 Å². The molecule has 1 saturated carbocycles. The van der Waals surface area contributed by atoms with Gasteiger partial charge in [-0.25, -0.2) is 0 Å². The van der Waals surface area contributed by atoms with Crippen molar-refractivity contribution >= 4 is 18.3 Å². The number of rotatable bonds is 4. The van der Waals surface area contributed by atoms with E-state index in [2.05, 4.69) is 43.4 Å². The van der Waals surface area contributed by atoms with Gasteiger partial charge >= 0.3 is 0 Å². The van der Waals surface area contributed by atoms with E-state index in [0.29, 0.717) is 23.8 Å². The number of hydrogen-bond donors (Lipinski definition) is 2. The number of benzene rings is 1. The van der Waals surface area contributed by atoms with E-state index in [1.54, 1.807) is 0 Å². The van der Waals surface area contributed by atoms with Crippen LogP contribution in [0.2, 0.25) is 0 Å². The van der Waals surface area contributed by atoms with Crippen molar-refractivity contribution in [1.82, 2.24) is 5.32 Å². The molecule has 1 amide bonds. The van der Waals surface area contributed by atoms with Crippen molar-refractivity contribution < 1.29 is 4.79 Å². The first kappa shape index (κ1) is 15.3. The molecule has 0 heterocycles. The summed E-state index contributed by atoms with van der Waals surface area (Å²) in [4.78, 5) is 12.0. The molecule has 1 fully saturated rings. The standard InChI is InChI=1S/C16H22N2O.ClH/c1-9(2)7-13(17)16(19)18-15-12-8-10-5-3-4-6-11(10)14(12)15;/h3-6,9,12-15H,7-8,17H2,1-2H3,(H,18,19);1H/t12?,13-,14?,15?;/m0./s1. The van der Waals surface area contributed by atoms with Crippen LogP contribution < -0.4 is 11.1 Å². The van der Waals surface area contributed by atoms with Crippen molar-refractivity contribution in [3.05, 3.63) is 35.4 Å². The molecule has 3 unspecified atom stereocenters. The zero-order chi connectivity index (χ0) is 13.6. The fraction of sp³-hybridized carbons (Fsp3) is 0.562. The average molecular weight is 295 g/mol. The molecule has 1 aromatic rings. The quantitative estimate of drug-likeness (QED) is 0.895. The maximum Gasteiger partial charge on any atom is 0.237 e. The lowest BCUT2D eigenvalue weighted by atomic mass is 10.0. The summed E-state index contributed by atoms with van der Waals surface area (Å²) in [6.45, 7) is 4.19. The minimum atomic E-state index is -0.364. The topological polar surface area (TPSA) is 55.1 Å². The molecule has 20 heavy (non-hydrogen) atoms. The molecular weight excluding hydrogens is 272 g/mol. The smallest absolute Gasteiger partial charge is 0.237 e. The Morgan fingerprint density at radius 3 is 2.80 bits per heavy atom. The number of nitrogens with two attached hydrogens (primary N) is 1. The van der Waals surface area contributed by atoms with Gasteiger partial charge in [0.05, 0.1) is 6.04 Å². The summed E-state index contributed by atoms with van der Waals surface area (Å²) in [6, 6.07) is 8.53. The van der Waals surface area contributed by atoms with Gasteiger partial charge in [-0.15, -0.1) is 12.4 Å². The van der Waals surface area contributed by atoms with Crippen LogP contribution in [0.5, 0.6) is 0 Å². The molecule has 2 aliphatic carbocycles. The fourth-order valence-electron chi connectivity index (χ4n) is 3.43. The summed E-state index contributed by atoms with van der Waals surface area (Å²) in [5, 5.41) is 3.14. The van der Waals surface area contributed by atoms with Gasteiger partial charge in [-0.05, 0) is 35.8 Å². The first-order chi connectivity index (χ1) is 9.08. The number of amides is 1. The molecule has 3 N–H and O–H groups in total. The van der Waals surface area contributed by atoms with E-state index in [4.69, 9.17) is 5.73 Å². The summed E-state index contributed by atoms with van der Waals surface area (Å²) in [7, 11) is 0. The Hall–Kier alpha value is -1.06. The van der Waals surface area contributed by atoms with E-state index in [1.165, 1.54) is 11.1 Å². The second kappa shape index (κ2) is 5.74. The Morgan fingerprint density at radius 2 is 2.10 bits per heavy atom. The molecule has 0 spiro atoms. The Labute approximate surface area is 126 Å². The first-order valence-electron chi connectivity index (χ1n) is 7.21. The minimum absolute atomic E-state index is 0. The van der Waals surface area contributed by atoms with Gasteiger partial charge in [-0.1, -0.05) is 38.1 Å². The Balaban J connectivity index is 0.00000147. The summed E-state index contributed by atoms with van der Waals surface area (Å²) in [5.41, 5.74) is 8.81. The van der Waals surface area contributed by atoms with Crippen LogP contribution in [0.3, 0.4) is 0 Å². The molecule has 0 aromatic heterocycles. The molecule has 1 aromatic carbocycles. The van der Waals surface area contributed by atoms with Gasteiger partial charge in [-0.3, -0.25) is 4.79 Å². The summed E-state index contributed by atoms with van der Waals surface area (Å²) < 4.78 is 0. The monoisotopic (exact) mass is 294 g/mol. The predicted molar refractivity (Wildman–Crippen MR) is 83.0 cm³/mol. The lowest BCUT2D eigenvalue weighted by molar-refractivity contribution is -0.122. The zero-order valence-corrected chi connectivity index (χ0v) is 12.8. The number of hydrogen-bond acceptors (Lipinski definition) is 2. The zero-order valence-electron chi connectivity index (χ0n) is 12.0. The van der Waals surface area contributed by atoms with Gasteiger partial charge < -0.3 is 11.1 Å². The third-order valence-electron chi connectivity index (χ3n) is 4.41. The van der Waals surface area contributed by atoms with E-state index < -0.39 is 0 Å². The van der Waals surface area contributed by atoms with E-state index in [9.17, 15) is 4.79 Å². The lowest BCUT2D eigenvalue weighted by Crippen LogP contribution is -2.43. The molecular formula is C16H23ClN2O. The molecule has 4 heteroatoms. The molecule has 3 rings (SSSR count). The summed E-state index contributed by atoms with van der Waals surface area (Å²) in [5.74, 6) is 1.62. The van der Waals surface area contributed by atoms with Gasteiger partial charge in [-0.2, -0.15) is 0 Å². The number of halogens is 1. The van der Waals surface area contributed by atoms with Crippen LogP contribution in [0, 0.1) is 11.8 Å². The van der Waals surface area contributed by atoms with Crippen LogP contribution in [0.4, 0.5) is 0 Å². The second-order valence-corrected chi connectivity index (χ2v) is 6.36. The minimum Gasteiger partial charge on any atom is -0.351 e. The highest BCUT2D eigenvalue weighted by Crippen LogP contribution is 2.56. The number of carbonyl (C=O) groups excluding carboxylic acids is 1. The highest BCUT2D eigenvalue weighted by Gasteiger charge is 2.56. The number of nitrogens with one attached hydrogen (secondary N) is 1. The van der Waals surface area contributed by atoms with Crippen molar-refractivity contribution in [3.8, 4) is 0 Å². The Kier molecular flexibility index (Phi) is 4.40. The van der Waals surface area contributed by atoms with Crippen molar-refractivity contribution in [1.29, 1.82) is 0 Å². The van der Waals surface area contributed by atoms with Crippen LogP contribution in [0.15, 0.2) is 24.3 Å². The number of fused-ring (bicyclic) bond motifs is 3. The molecule has 0 radical (unpaired) electrons. The van der Waals surface area contributed by atoms with Crippen molar-refractivity contribution in [2.45, 2.75) is 44.7 Å². The van der Waals surface area contributed by atoms with E-state index in [0.717, 1.165) is 12.8 Å². The second-order valence-electron chi connectivity index (χ2n) is 6.36. The molecule has 0 saturated heterocycles. The predicted octanol–water partition coefficient (Wildman–Crippen LogP) is 2.24. The third-order valence-corrected chi connectivity index (χ3v) is 4.41. The molecule has 3 nitrogen and oxygen atoms in total. The van der Waals surface area contributed by atoms with E-state index in [1.807, 2.05) is 0 Å². The third kappa shape index (κ3) is 2.70. The normalized spacial score (nSPS) is 27.3. The van der Waals surface area contributed by atoms with Crippen LogP contribution in [-0.2, 0) is 11.2 Å². The lowest BCUT2D eigenvalue weighted by Gasteiger charge is -2.15. The molecule has 4 atom stereocenters. The van der Waals surface area contributed by atoms with Crippen LogP contribution in [0.25, 0.3) is 0 Å². The molecule has 0 aliphatic heterocycles. The molecule has 110 valence electrons. The van der Waals surface area contributed by atoms with E-state index in [-0.39, 0.29) is 24.4 Å².